The number of benzene rings is 2. The standard InChI is InChI=1S/C18H22N2O/c1-13-4-9-17-18(10-13)21-16(12-19-17)11-14-5-7-15(8-6-14)20(2)3/h4-10,16,19H,11-12H2,1-3H3. The zero-order valence-corrected chi connectivity index (χ0v) is 12.9. The second kappa shape index (κ2) is 5.68. The van der Waals surface area contributed by atoms with Crippen LogP contribution in [0.3, 0.4) is 0 Å². The molecule has 21 heavy (non-hydrogen) atoms. The van der Waals surface area contributed by atoms with Crippen molar-refractivity contribution in [3.05, 3.63) is 53.6 Å². The molecule has 3 heteroatoms. The minimum atomic E-state index is 0.185. The fourth-order valence-electron chi connectivity index (χ4n) is 2.63. The average molecular weight is 282 g/mol. The van der Waals surface area contributed by atoms with Crippen molar-refractivity contribution in [2.75, 3.05) is 30.9 Å². The van der Waals surface area contributed by atoms with Gasteiger partial charge in [0.05, 0.1) is 12.2 Å². The van der Waals surface area contributed by atoms with E-state index in [0.29, 0.717) is 0 Å². The second-order valence-electron chi connectivity index (χ2n) is 5.89. The highest BCUT2D eigenvalue weighted by molar-refractivity contribution is 5.59. The summed E-state index contributed by atoms with van der Waals surface area (Å²) in [6.45, 7) is 2.94. The Labute approximate surface area is 126 Å². The van der Waals surface area contributed by atoms with Gasteiger partial charge in [0.15, 0.2) is 0 Å². The van der Waals surface area contributed by atoms with Gasteiger partial charge in [-0.25, -0.2) is 0 Å². The van der Waals surface area contributed by atoms with Crippen molar-refractivity contribution < 1.29 is 4.74 Å². The highest BCUT2D eigenvalue weighted by Crippen LogP contribution is 2.30. The first-order valence-corrected chi connectivity index (χ1v) is 7.39. The molecule has 3 rings (SSSR count). The molecule has 0 spiro atoms. The van der Waals surface area contributed by atoms with Crippen LogP contribution in [0.5, 0.6) is 5.75 Å². The highest BCUT2D eigenvalue weighted by atomic mass is 16.5. The minimum absolute atomic E-state index is 0.185. The van der Waals surface area contributed by atoms with E-state index in [9.17, 15) is 0 Å². The number of anilines is 2. The molecule has 0 radical (unpaired) electrons. The molecular weight excluding hydrogens is 260 g/mol. The molecule has 1 unspecified atom stereocenters. The van der Waals surface area contributed by atoms with Crippen LogP contribution in [0.2, 0.25) is 0 Å². The van der Waals surface area contributed by atoms with Crippen molar-refractivity contribution in [2.24, 2.45) is 0 Å². The summed E-state index contributed by atoms with van der Waals surface area (Å²) in [5, 5.41) is 3.46. The van der Waals surface area contributed by atoms with E-state index in [1.165, 1.54) is 16.8 Å². The lowest BCUT2D eigenvalue weighted by molar-refractivity contribution is 0.206. The lowest BCUT2D eigenvalue weighted by Gasteiger charge is -2.28. The third-order valence-corrected chi connectivity index (χ3v) is 3.87. The van der Waals surface area contributed by atoms with Crippen LogP contribution >= 0.6 is 0 Å². The third-order valence-electron chi connectivity index (χ3n) is 3.87. The number of fused-ring (bicyclic) bond motifs is 1. The van der Waals surface area contributed by atoms with E-state index in [4.69, 9.17) is 4.74 Å². The molecule has 0 saturated carbocycles. The average Bonchev–Trinajstić information content (AvgIpc) is 2.47. The predicted molar refractivity (Wildman–Crippen MR) is 88.6 cm³/mol. The molecule has 1 heterocycles. The zero-order valence-electron chi connectivity index (χ0n) is 12.9. The number of nitrogens with zero attached hydrogens (tertiary/aromatic N) is 1. The second-order valence-corrected chi connectivity index (χ2v) is 5.89. The van der Waals surface area contributed by atoms with Gasteiger partial charge >= 0.3 is 0 Å². The molecule has 0 bridgehead atoms. The smallest absolute Gasteiger partial charge is 0.143 e. The van der Waals surface area contributed by atoms with Crippen molar-refractivity contribution in [1.29, 1.82) is 0 Å². The Morgan fingerprint density at radius 1 is 1.14 bits per heavy atom. The van der Waals surface area contributed by atoms with Gasteiger partial charge in [-0.05, 0) is 42.3 Å². The number of ether oxygens (including phenoxy) is 1. The number of aryl methyl sites for hydroxylation is 1. The van der Waals surface area contributed by atoms with Gasteiger partial charge in [0.2, 0.25) is 0 Å². The molecule has 2 aromatic rings. The van der Waals surface area contributed by atoms with E-state index in [2.05, 4.69) is 73.7 Å². The molecule has 1 atom stereocenters. The maximum absolute atomic E-state index is 6.12. The Hall–Kier alpha value is -2.16. The lowest BCUT2D eigenvalue weighted by atomic mass is 10.1. The molecule has 0 saturated heterocycles. The molecule has 3 nitrogen and oxygen atoms in total. The van der Waals surface area contributed by atoms with E-state index in [-0.39, 0.29) is 6.10 Å². The van der Waals surface area contributed by atoms with E-state index in [0.717, 1.165) is 24.4 Å². The van der Waals surface area contributed by atoms with Gasteiger partial charge in [0, 0.05) is 26.2 Å². The van der Waals surface area contributed by atoms with Crippen LogP contribution in [0.4, 0.5) is 11.4 Å². The Morgan fingerprint density at radius 3 is 2.62 bits per heavy atom. The first-order valence-electron chi connectivity index (χ1n) is 7.39. The quantitative estimate of drug-likeness (QED) is 0.933. The summed E-state index contributed by atoms with van der Waals surface area (Å²) in [6.07, 6.45) is 1.11. The van der Waals surface area contributed by atoms with Crippen LogP contribution in [-0.2, 0) is 6.42 Å². The van der Waals surface area contributed by atoms with Crippen LogP contribution in [0.15, 0.2) is 42.5 Å². The van der Waals surface area contributed by atoms with Crippen molar-refractivity contribution >= 4 is 11.4 Å². The summed E-state index contributed by atoms with van der Waals surface area (Å²) in [6, 6.07) is 15.0. The zero-order chi connectivity index (χ0) is 14.8. The summed E-state index contributed by atoms with van der Waals surface area (Å²) in [5.41, 5.74) is 4.86. The van der Waals surface area contributed by atoms with E-state index in [1.807, 2.05) is 0 Å². The van der Waals surface area contributed by atoms with Crippen LogP contribution < -0.4 is 15.0 Å². The van der Waals surface area contributed by atoms with Crippen LogP contribution in [-0.4, -0.2) is 26.7 Å². The lowest BCUT2D eigenvalue weighted by Crippen LogP contribution is -2.32. The van der Waals surface area contributed by atoms with Crippen LogP contribution in [0.25, 0.3) is 0 Å². The normalized spacial score (nSPS) is 16.6. The van der Waals surface area contributed by atoms with E-state index in [1.54, 1.807) is 0 Å². The van der Waals surface area contributed by atoms with Crippen LogP contribution in [0, 0.1) is 6.92 Å². The first kappa shape index (κ1) is 13.8. The van der Waals surface area contributed by atoms with Gasteiger partial charge in [-0.3, -0.25) is 0 Å². The van der Waals surface area contributed by atoms with Crippen molar-refractivity contribution in [2.45, 2.75) is 19.4 Å². The van der Waals surface area contributed by atoms with Gasteiger partial charge in [-0.1, -0.05) is 18.2 Å². The summed E-state index contributed by atoms with van der Waals surface area (Å²) in [7, 11) is 4.12. The van der Waals surface area contributed by atoms with E-state index < -0.39 is 0 Å². The molecule has 2 aromatic carbocycles. The molecule has 0 fully saturated rings. The Balaban J connectivity index is 1.69. The van der Waals surface area contributed by atoms with Crippen molar-refractivity contribution in [3.63, 3.8) is 0 Å². The SMILES string of the molecule is Cc1ccc2c(c1)OC(Cc1ccc(N(C)C)cc1)CN2. The summed E-state index contributed by atoms with van der Waals surface area (Å²) in [5.74, 6) is 0.969. The molecule has 110 valence electrons. The predicted octanol–water partition coefficient (Wildman–Crippen LogP) is 3.48. The number of hydrogen-bond donors (Lipinski definition) is 1. The van der Waals surface area contributed by atoms with Gasteiger partial charge in [0.25, 0.3) is 0 Å². The molecule has 0 amide bonds. The molecule has 1 aliphatic heterocycles. The third kappa shape index (κ3) is 3.13. The molecule has 1 N–H and O–H groups in total. The highest BCUT2D eigenvalue weighted by Gasteiger charge is 2.19. The van der Waals surface area contributed by atoms with Gasteiger partial charge < -0.3 is 15.0 Å². The number of rotatable bonds is 3. The fraction of sp³-hybridized carbons (Fsp3) is 0.333. The number of hydrogen-bond acceptors (Lipinski definition) is 3. The molecular formula is C18H22N2O. The fourth-order valence-corrected chi connectivity index (χ4v) is 2.63. The molecule has 1 aliphatic rings. The van der Waals surface area contributed by atoms with Gasteiger partial charge in [-0.2, -0.15) is 0 Å². The van der Waals surface area contributed by atoms with Crippen molar-refractivity contribution in [3.8, 4) is 5.75 Å². The Morgan fingerprint density at radius 2 is 1.90 bits per heavy atom. The Kier molecular flexibility index (Phi) is 3.74. The van der Waals surface area contributed by atoms with Gasteiger partial charge in [-0.15, -0.1) is 0 Å². The first-order chi connectivity index (χ1) is 10.1. The largest absolute Gasteiger partial charge is 0.486 e. The minimum Gasteiger partial charge on any atom is -0.486 e. The maximum atomic E-state index is 6.12. The monoisotopic (exact) mass is 282 g/mol. The molecule has 0 aromatic heterocycles. The van der Waals surface area contributed by atoms with E-state index >= 15 is 0 Å². The van der Waals surface area contributed by atoms with Crippen molar-refractivity contribution in [1.82, 2.24) is 0 Å². The maximum Gasteiger partial charge on any atom is 0.143 e. The summed E-state index contributed by atoms with van der Waals surface area (Å²) >= 11 is 0. The summed E-state index contributed by atoms with van der Waals surface area (Å²) in [4.78, 5) is 2.11. The Bertz CT molecular complexity index is 620. The molecule has 0 aliphatic carbocycles. The van der Waals surface area contributed by atoms with Gasteiger partial charge in [0.1, 0.15) is 11.9 Å². The topological polar surface area (TPSA) is 24.5 Å². The number of nitrogens with one attached hydrogen (secondary N) is 1. The summed E-state index contributed by atoms with van der Waals surface area (Å²) < 4.78 is 6.12. The van der Waals surface area contributed by atoms with Crippen LogP contribution in [0.1, 0.15) is 11.1 Å².